The summed E-state index contributed by atoms with van der Waals surface area (Å²) in [6.45, 7) is 26.1. The molecular weight excluding hydrogens is 400 g/mol. The van der Waals surface area contributed by atoms with Gasteiger partial charge in [0.05, 0.1) is 0 Å². The highest BCUT2D eigenvalue weighted by atomic mass is 28.4. The average Bonchev–Trinajstić information content (AvgIpc) is 2.67. The molecule has 1 aromatic carbocycles. The Bertz CT molecular complexity index is 602. The summed E-state index contributed by atoms with van der Waals surface area (Å²) in [6.07, 6.45) is 0. The molecule has 7 heteroatoms. The Labute approximate surface area is 175 Å². The Kier molecular flexibility index (Phi) is 9.75. The maximum Gasteiger partial charge on any atom is 0.361 e. The Morgan fingerprint density at radius 3 is 1.29 bits per heavy atom. The largest absolute Gasteiger partial charge is 0.392 e. The van der Waals surface area contributed by atoms with Crippen molar-refractivity contribution in [3.05, 3.63) is 53.1 Å². The van der Waals surface area contributed by atoms with Crippen LogP contribution in [0.15, 0.2) is 53.1 Å². The molecule has 0 radical (unpaired) electrons. The minimum Gasteiger partial charge on any atom is -0.392 e. The molecule has 0 bridgehead atoms. The molecule has 0 aliphatic carbocycles. The van der Waals surface area contributed by atoms with Gasteiger partial charge in [-0.1, -0.05) is 42.1 Å². The molecule has 1 aromatic rings. The van der Waals surface area contributed by atoms with Crippen molar-refractivity contribution in [1.29, 1.82) is 0 Å². The zero-order valence-electron chi connectivity index (χ0n) is 18.8. The van der Waals surface area contributed by atoms with Gasteiger partial charge in [-0.15, -0.1) is 13.2 Å². The van der Waals surface area contributed by atoms with Crippen LogP contribution in [0.4, 0.5) is 0 Å². The molecule has 0 fully saturated rings. The molecule has 0 saturated carbocycles. The standard InChI is InChI=1S/C21H38O4Si3/c1-10-22-27(8,23-11-2)19(5)26(7,21-17-15-14-16-18-21)20(6)28(9,24-12-3)25-13-4/h14-18H,5-6,10-13H2,1-4,7-9H3. The van der Waals surface area contributed by atoms with Gasteiger partial charge >= 0.3 is 17.1 Å². The van der Waals surface area contributed by atoms with E-state index >= 15 is 0 Å². The van der Waals surface area contributed by atoms with Gasteiger partial charge in [0.2, 0.25) is 0 Å². The van der Waals surface area contributed by atoms with Crippen molar-refractivity contribution in [1.82, 2.24) is 0 Å². The van der Waals surface area contributed by atoms with Crippen molar-refractivity contribution < 1.29 is 17.7 Å². The maximum atomic E-state index is 6.23. The van der Waals surface area contributed by atoms with Crippen molar-refractivity contribution in [3.63, 3.8) is 0 Å². The van der Waals surface area contributed by atoms with Crippen LogP contribution in [0.25, 0.3) is 0 Å². The molecule has 0 spiro atoms. The Morgan fingerprint density at radius 1 is 0.679 bits per heavy atom. The van der Waals surface area contributed by atoms with Gasteiger partial charge in [-0.3, -0.25) is 0 Å². The molecule has 0 unspecified atom stereocenters. The van der Waals surface area contributed by atoms with Crippen molar-refractivity contribution in [3.8, 4) is 0 Å². The number of hydrogen-bond donors (Lipinski definition) is 0. The zero-order chi connectivity index (χ0) is 21.4. The third-order valence-electron chi connectivity index (χ3n) is 5.33. The topological polar surface area (TPSA) is 36.9 Å². The second kappa shape index (κ2) is 10.8. The summed E-state index contributed by atoms with van der Waals surface area (Å²) < 4.78 is 24.9. The third kappa shape index (κ3) is 5.21. The molecule has 0 aliphatic heterocycles. The van der Waals surface area contributed by atoms with Crippen LogP contribution in [0.3, 0.4) is 0 Å². The first kappa shape index (κ1) is 25.2. The summed E-state index contributed by atoms with van der Waals surface area (Å²) in [6, 6.07) is 10.5. The Morgan fingerprint density at radius 2 is 1.00 bits per heavy atom. The Balaban J connectivity index is 3.63. The van der Waals surface area contributed by atoms with Crippen LogP contribution in [0.1, 0.15) is 27.7 Å². The lowest BCUT2D eigenvalue weighted by Gasteiger charge is -2.43. The predicted octanol–water partition coefficient (Wildman–Crippen LogP) is 4.53. The summed E-state index contributed by atoms with van der Waals surface area (Å²) >= 11 is 0. The lowest BCUT2D eigenvalue weighted by atomic mass is 10.4. The number of rotatable bonds is 13. The minimum atomic E-state index is -2.64. The molecule has 0 aromatic heterocycles. The third-order valence-corrected chi connectivity index (χ3v) is 20.5. The van der Waals surface area contributed by atoms with E-state index in [4.69, 9.17) is 17.7 Å². The minimum absolute atomic E-state index is 0.596. The van der Waals surface area contributed by atoms with Crippen LogP contribution in [-0.2, 0) is 17.7 Å². The predicted molar refractivity (Wildman–Crippen MR) is 126 cm³/mol. The van der Waals surface area contributed by atoms with Gasteiger partial charge in [-0.05, 0) is 50.4 Å². The van der Waals surface area contributed by atoms with E-state index in [0.717, 1.165) is 9.64 Å². The first-order chi connectivity index (χ1) is 13.2. The van der Waals surface area contributed by atoms with Crippen LogP contribution in [0.2, 0.25) is 19.6 Å². The fourth-order valence-corrected chi connectivity index (χ4v) is 19.0. The van der Waals surface area contributed by atoms with Crippen LogP contribution >= 0.6 is 0 Å². The number of benzene rings is 1. The fourth-order valence-electron chi connectivity index (χ4n) is 3.74. The summed E-state index contributed by atoms with van der Waals surface area (Å²) in [5.41, 5.74) is 0. The van der Waals surface area contributed by atoms with Gasteiger partial charge in [0.1, 0.15) is 8.07 Å². The van der Waals surface area contributed by atoms with Crippen LogP contribution in [-0.4, -0.2) is 51.6 Å². The molecule has 28 heavy (non-hydrogen) atoms. The lowest BCUT2D eigenvalue weighted by Crippen LogP contribution is -2.64. The highest BCUT2D eigenvalue weighted by molar-refractivity contribution is 7.19. The SMILES string of the molecule is C=C([Si](C)(OCC)OCC)[Si](C)(C(=C)[Si](C)(OCC)OCC)c1ccccc1. The summed E-state index contributed by atoms with van der Waals surface area (Å²) in [5.74, 6) is 0. The van der Waals surface area contributed by atoms with Crippen LogP contribution < -0.4 is 5.19 Å². The van der Waals surface area contributed by atoms with Gasteiger partial charge in [0.25, 0.3) is 0 Å². The van der Waals surface area contributed by atoms with E-state index in [2.05, 4.69) is 57.1 Å². The van der Waals surface area contributed by atoms with E-state index in [-0.39, 0.29) is 0 Å². The van der Waals surface area contributed by atoms with Gasteiger partial charge < -0.3 is 17.7 Å². The van der Waals surface area contributed by atoms with Crippen molar-refractivity contribution in [2.24, 2.45) is 0 Å². The van der Waals surface area contributed by atoms with Gasteiger partial charge in [0, 0.05) is 26.4 Å². The van der Waals surface area contributed by atoms with E-state index in [1.54, 1.807) is 0 Å². The lowest BCUT2D eigenvalue weighted by molar-refractivity contribution is 0.198. The molecule has 0 heterocycles. The molecular formula is C21H38O4Si3. The van der Waals surface area contributed by atoms with Gasteiger partial charge in [0.15, 0.2) is 0 Å². The van der Waals surface area contributed by atoms with Crippen LogP contribution in [0.5, 0.6) is 0 Å². The molecule has 0 saturated heterocycles. The molecule has 0 amide bonds. The quantitative estimate of drug-likeness (QED) is 0.424. The zero-order valence-corrected chi connectivity index (χ0v) is 21.8. The van der Waals surface area contributed by atoms with E-state index in [1.165, 1.54) is 5.19 Å². The second-order valence-electron chi connectivity index (χ2n) is 7.07. The first-order valence-electron chi connectivity index (χ1n) is 10.2. The normalized spacial score (nSPS) is 12.8. The summed E-state index contributed by atoms with van der Waals surface area (Å²) in [4.78, 5) is 2.14. The monoisotopic (exact) mass is 438 g/mol. The molecule has 158 valence electrons. The summed E-state index contributed by atoms with van der Waals surface area (Å²) in [5, 5.41) is 1.24. The fraction of sp³-hybridized carbons (Fsp3) is 0.524. The van der Waals surface area contributed by atoms with E-state index in [0.29, 0.717) is 26.4 Å². The highest BCUT2D eigenvalue weighted by Crippen LogP contribution is 2.35. The molecule has 1 rings (SSSR count). The first-order valence-corrected chi connectivity index (χ1v) is 17.3. The van der Waals surface area contributed by atoms with Crippen molar-refractivity contribution >= 4 is 30.4 Å². The molecule has 0 N–H and O–H groups in total. The average molecular weight is 439 g/mol. The molecule has 0 atom stereocenters. The second-order valence-corrected chi connectivity index (χ2v) is 18.3. The van der Waals surface area contributed by atoms with E-state index in [9.17, 15) is 0 Å². The highest BCUT2D eigenvalue weighted by Gasteiger charge is 2.54. The van der Waals surface area contributed by atoms with E-state index in [1.807, 2.05) is 33.8 Å². The smallest absolute Gasteiger partial charge is 0.361 e. The summed E-state index contributed by atoms with van der Waals surface area (Å²) in [7, 11) is -7.80. The van der Waals surface area contributed by atoms with Crippen LogP contribution in [0, 0.1) is 0 Å². The molecule has 4 nitrogen and oxygen atoms in total. The number of hydrogen-bond acceptors (Lipinski definition) is 4. The maximum absolute atomic E-state index is 6.23. The van der Waals surface area contributed by atoms with Crippen molar-refractivity contribution in [2.45, 2.75) is 47.3 Å². The van der Waals surface area contributed by atoms with Gasteiger partial charge in [-0.25, -0.2) is 0 Å². The Hall–Kier alpha value is -0.809. The molecule has 0 aliphatic rings. The van der Waals surface area contributed by atoms with Crippen molar-refractivity contribution in [2.75, 3.05) is 26.4 Å². The van der Waals surface area contributed by atoms with Gasteiger partial charge in [-0.2, -0.15) is 0 Å². The van der Waals surface area contributed by atoms with E-state index < -0.39 is 25.2 Å².